The summed E-state index contributed by atoms with van der Waals surface area (Å²) in [6, 6.07) is 0. The summed E-state index contributed by atoms with van der Waals surface area (Å²) in [5, 5.41) is 17.2. The highest BCUT2D eigenvalue weighted by molar-refractivity contribution is 5.76. The number of amides is 1. The zero-order valence-corrected chi connectivity index (χ0v) is 13.9. The monoisotopic (exact) mass is 295 g/mol. The van der Waals surface area contributed by atoms with Gasteiger partial charge in [-0.3, -0.25) is 9.48 Å². The smallest absolute Gasteiger partial charge is 0.220 e. The summed E-state index contributed by atoms with van der Waals surface area (Å²) in [4.78, 5) is 11.9. The minimum atomic E-state index is -0.453. The number of hydrogen-bond acceptors (Lipinski definition) is 3. The molecule has 0 aliphatic heterocycles. The highest BCUT2D eigenvalue weighted by Gasteiger charge is 2.16. The van der Waals surface area contributed by atoms with Crippen LogP contribution in [0.15, 0.2) is 0 Å². The molecule has 0 aromatic carbocycles. The topological polar surface area (TPSA) is 67.2 Å². The van der Waals surface area contributed by atoms with Crippen molar-refractivity contribution in [3.8, 4) is 0 Å². The van der Waals surface area contributed by atoms with Crippen LogP contribution in [0.3, 0.4) is 0 Å². The SMILES string of the molecule is CCC(CC)C(O)CNC(=O)CCc1c(C)nn(C)c1C. The number of carbonyl (C=O) groups is 1. The van der Waals surface area contributed by atoms with Crippen molar-refractivity contribution in [2.45, 2.75) is 59.5 Å². The first kappa shape index (κ1) is 17.7. The number of aryl methyl sites for hydroxylation is 2. The van der Waals surface area contributed by atoms with E-state index in [0.29, 0.717) is 19.4 Å². The molecule has 0 radical (unpaired) electrons. The molecule has 1 atom stereocenters. The Balaban J connectivity index is 2.41. The number of carbonyl (C=O) groups excluding carboxylic acids is 1. The third kappa shape index (κ3) is 4.84. The molecule has 5 nitrogen and oxygen atoms in total. The average molecular weight is 295 g/mol. The summed E-state index contributed by atoms with van der Waals surface area (Å²) in [6.07, 6.45) is 2.54. The molecule has 2 N–H and O–H groups in total. The van der Waals surface area contributed by atoms with E-state index in [9.17, 15) is 9.90 Å². The molecule has 1 rings (SSSR count). The second kappa shape index (κ2) is 8.17. The Morgan fingerprint density at radius 1 is 1.33 bits per heavy atom. The van der Waals surface area contributed by atoms with Crippen molar-refractivity contribution < 1.29 is 9.90 Å². The largest absolute Gasteiger partial charge is 0.391 e. The maximum absolute atomic E-state index is 11.9. The summed E-state index contributed by atoms with van der Waals surface area (Å²) in [5.41, 5.74) is 3.24. The van der Waals surface area contributed by atoms with E-state index < -0.39 is 6.10 Å². The van der Waals surface area contributed by atoms with Gasteiger partial charge in [-0.2, -0.15) is 5.10 Å². The number of aromatic nitrogens is 2. The molecule has 5 heteroatoms. The van der Waals surface area contributed by atoms with Crippen molar-refractivity contribution in [3.05, 3.63) is 17.0 Å². The minimum Gasteiger partial charge on any atom is -0.391 e. The van der Waals surface area contributed by atoms with E-state index in [-0.39, 0.29) is 11.8 Å². The zero-order valence-electron chi connectivity index (χ0n) is 13.9. The van der Waals surface area contributed by atoms with Gasteiger partial charge in [0.15, 0.2) is 0 Å². The van der Waals surface area contributed by atoms with Crippen LogP contribution in [0, 0.1) is 19.8 Å². The normalized spacial score (nSPS) is 12.7. The van der Waals surface area contributed by atoms with E-state index in [1.54, 1.807) is 0 Å². The van der Waals surface area contributed by atoms with E-state index >= 15 is 0 Å². The van der Waals surface area contributed by atoms with Gasteiger partial charge in [0.2, 0.25) is 5.91 Å². The number of rotatable bonds is 8. The van der Waals surface area contributed by atoms with Crippen LogP contribution in [0.25, 0.3) is 0 Å². The number of nitrogens with zero attached hydrogens (tertiary/aromatic N) is 2. The molecule has 0 bridgehead atoms. The van der Waals surface area contributed by atoms with Crippen LogP contribution >= 0.6 is 0 Å². The lowest BCUT2D eigenvalue weighted by Gasteiger charge is -2.20. The molecule has 1 aromatic rings. The van der Waals surface area contributed by atoms with Gasteiger partial charge < -0.3 is 10.4 Å². The Kier molecular flexibility index (Phi) is 6.89. The van der Waals surface area contributed by atoms with Crippen molar-refractivity contribution in [1.29, 1.82) is 0 Å². The predicted molar refractivity (Wildman–Crippen MR) is 84.1 cm³/mol. The first-order chi connectivity index (χ1) is 9.90. The molecule has 1 aromatic heterocycles. The van der Waals surface area contributed by atoms with Gasteiger partial charge >= 0.3 is 0 Å². The van der Waals surface area contributed by atoms with Crippen molar-refractivity contribution >= 4 is 5.91 Å². The fraction of sp³-hybridized carbons (Fsp3) is 0.750. The van der Waals surface area contributed by atoms with Gasteiger partial charge in [0, 0.05) is 25.7 Å². The maximum Gasteiger partial charge on any atom is 0.220 e. The number of aliphatic hydroxyl groups excluding tert-OH is 1. The van der Waals surface area contributed by atoms with Gasteiger partial charge in [-0.15, -0.1) is 0 Å². The van der Waals surface area contributed by atoms with Crippen molar-refractivity contribution in [1.82, 2.24) is 15.1 Å². The van der Waals surface area contributed by atoms with Crippen LogP contribution < -0.4 is 5.32 Å². The Labute approximate surface area is 127 Å². The van der Waals surface area contributed by atoms with Crippen LogP contribution in [0.1, 0.15) is 50.1 Å². The molecule has 0 saturated heterocycles. The third-order valence-corrected chi connectivity index (χ3v) is 4.36. The van der Waals surface area contributed by atoms with Gasteiger partial charge in [-0.05, 0) is 31.7 Å². The summed E-state index contributed by atoms with van der Waals surface area (Å²) in [6.45, 7) is 8.46. The van der Waals surface area contributed by atoms with Gasteiger partial charge in [-0.1, -0.05) is 26.7 Å². The van der Waals surface area contributed by atoms with Crippen molar-refractivity contribution in [3.63, 3.8) is 0 Å². The van der Waals surface area contributed by atoms with E-state index in [1.807, 2.05) is 25.6 Å². The molecule has 0 aliphatic carbocycles. The highest BCUT2D eigenvalue weighted by atomic mass is 16.3. The third-order valence-electron chi connectivity index (χ3n) is 4.36. The molecule has 120 valence electrons. The Morgan fingerprint density at radius 2 is 1.95 bits per heavy atom. The Morgan fingerprint density at radius 3 is 2.43 bits per heavy atom. The summed E-state index contributed by atoms with van der Waals surface area (Å²) in [7, 11) is 1.91. The predicted octanol–water partition coefficient (Wildman–Crippen LogP) is 1.88. The molecular formula is C16H29N3O2. The van der Waals surface area contributed by atoms with Gasteiger partial charge in [0.25, 0.3) is 0 Å². The molecule has 0 fully saturated rings. The van der Waals surface area contributed by atoms with Crippen LogP contribution in [0.4, 0.5) is 0 Å². The van der Waals surface area contributed by atoms with Crippen molar-refractivity contribution in [2.75, 3.05) is 6.54 Å². The van der Waals surface area contributed by atoms with Gasteiger partial charge in [0.1, 0.15) is 0 Å². The fourth-order valence-corrected chi connectivity index (χ4v) is 2.72. The number of hydrogen-bond donors (Lipinski definition) is 2. The Hall–Kier alpha value is -1.36. The van der Waals surface area contributed by atoms with Crippen LogP contribution in [-0.2, 0) is 18.3 Å². The summed E-state index contributed by atoms with van der Waals surface area (Å²) < 4.78 is 1.85. The number of nitrogens with one attached hydrogen (secondary N) is 1. The first-order valence-electron chi connectivity index (χ1n) is 7.84. The van der Waals surface area contributed by atoms with Gasteiger partial charge in [-0.25, -0.2) is 0 Å². The lowest BCUT2D eigenvalue weighted by Crippen LogP contribution is -2.36. The van der Waals surface area contributed by atoms with Gasteiger partial charge in [0.05, 0.1) is 11.8 Å². The molecule has 1 unspecified atom stereocenters. The van der Waals surface area contributed by atoms with E-state index in [4.69, 9.17) is 0 Å². The fourth-order valence-electron chi connectivity index (χ4n) is 2.72. The molecule has 0 saturated carbocycles. The van der Waals surface area contributed by atoms with E-state index in [1.165, 1.54) is 0 Å². The second-order valence-corrected chi connectivity index (χ2v) is 5.72. The Bertz CT molecular complexity index is 464. The molecular weight excluding hydrogens is 266 g/mol. The molecule has 0 spiro atoms. The highest BCUT2D eigenvalue weighted by Crippen LogP contribution is 2.14. The van der Waals surface area contributed by atoms with Crippen LogP contribution in [0.5, 0.6) is 0 Å². The standard InChI is InChI=1S/C16H29N3O2/c1-6-13(7-2)15(20)10-17-16(21)9-8-14-11(3)18-19(5)12(14)4/h13,15,20H,6-10H2,1-5H3,(H,17,21). The molecule has 21 heavy (non-hydrogen) atoms. The second-order valence-electron chi connectivity index (χ2n) is 5.72. The number of aliphatic hydroxyl groups is 1. The lowest BCUT2D eigenvalue weighted by atomic mass is 9.96. The average Bonchev–Trinajstić information content (AvgIpc) is 2.69. The van der Waals surface area contributed by atoms with E-state index in [2.05, 4.69) is 24.3 Å². The van der Waals surface area contributed by atoms with Crippen LogP contribution in [-0.4, -0.2) is 33.4 Å². The quantitative estimate of drug-likeness (QED) is 0.769. The van der Waals surface area contributed by atoms with E-state index in [0.717, 1.165) is 29.8 Å². The zero-order chi connectivity index (χ0) is 16.0. The maximum atomic E-state index is 11.9. The van der Waals surface area contributed by atoms with Crippen molar-refractivity contribution in [2.24, 2.45) is 13.0 Å². The molecule has 1 heterocycles. The summed E-state index contributed by atoms with van der Waals surface area (Å²) in [5.74, 6) is 0.246. The molecule has 0 aliphatic rings. The van der Waals surface area contributed by atoms with Crippen LogP contribution in [0.2, 0.25) is 0 Å². The minimum absolute atomic E-state index is 0.0114. The first-order valence-corrected chi connectivity index (χ1v) is 7.84. The summed E-state index contributed by atoms with van der Waals surface area (Å²) >= 11 is 0. The molecule has 1 amide bonds. The lowest BCUT2D eigenvalue weighted by molar-refractivity contribution is -0.121.